The highest BCUT2D eigenvalue weighted by atomic mass is 32.2. The first kappa shape index (κ1) is 17.0. The summed E-state index contributed by atoms with van der Waals surface area (Å²) >= 11 is 0. The predicted octanol–water partition coefficient (Wildman–Crippen LogP) is 2.46. The third kappa shape index (κ3) is 4.83. The van der Waals surface area contributed by atoms with Crippen LogP contribution in [-0.4, -0.2) is 32.9 Å². The van der Waals surface area contributed by atoms with E-state index in [4.69, 9.17) is 0 Å². The average Bonchev–Trinajstić information content (AvgIpc) is 3.23. The van der Waals surface area contributed by atoms with Crippen LogP contribution in [0.1, 0.15) is 49.7 Å². The number of nitrogens with one attached hydrogen (secondary N) is 1. The number of sulfone groups is 1. The molecule has 1 aromatic carbocycles. The van der Waals surface area contributed by atoms with Crippen LogP contribution in [0, 0.1) is 5.92 Å². The van der Waals surface area contributed by atoms with Crippen molar-refractivity contribution in [1.29, 1.82) is 0 Å². The molecular weight excluding hydrogens is 298 g/mol. The molecule has 0 spiro atoms. The van der Waals surface area contributed by atoms with Gasteiger partial charge in [0, 0.05) is 18.7 Å². The minimum Gasteiger partial charge on any atom is -0.356 e. The second-order valence-electron chi connectivity index (χ2n) is 6.54. The molecule has 122 valence electrons. The molecule has 0 radical (unpaired) electrons. The Morgan fingerprint density at radius 1 is 1.27 bits per heavy atom. The van der Waals surface area contributed by atoms with Gasteiger partial charge < -0.3 is 5.32 Å². The van der Waals surface area contributed by atoms with Gasteiger partial charge in [0.25, 0.3) is 0 Å². The Hall–Kier alpha value is -1.36. The van der Waals surface area contributed by atoms with Gasteiger partial charge in [0.15, 0.2) is 0 Å². The van der Waals surface area contributed by atoms with Crippen LogP contribution < -0.4 is 5.32 Å². The van der Waals surface area contributed by atoms with Crippen molar-refractivity contribution >= 4 is 15.7 Å². The van der Waals surface area contributed by atoms with E-state index in [1.165, 1.54) is 17.4 Å². The molecule has 2 atom stereocenters. The second kappa shape index (κ2) is 6.82. The van der Waals surface area contributed by atoms with Crippen molar-refractivity contribution in [3.8, 4) is 0 Å². The standard InChI is InChI=1S/C17H25NO3S/c1-12(2)13-5-7-14(8-6-13)15-11-16(15)17(19)18-9-4-10-22(3,20)21/h5-8,12,15-16H,4,9-11H2,1-3H3,(H,18,19)/t15-,16+/m1/s1. The third-order valence-electron chi connectivity index (χ3n) is 4.15. The van der Waals surface area contributed by atoms with Gasteiger partial charge in [0.1, 0.15) is 9.84 Å². The molecular formula is C17H25NO3S. The van der Waals surface area contributed by atoms with Gasteiger partial charge in [-0.05, 0) is 35.8 Å². The van der Waals surface area contributed by atoms with Crippen LogP contribution in [0.2, 0.25) is 0 Å². The molecule has 0 heterocycles. The van der Waals surface area contributed by atoms with Gasteiger partial charge in [-0.25, -0.2) is 8.42 Å². The van der Waals surface area contributed by atoms with Gasteiger partial charge in [-0.3, -0.25) is 4.79 Å². The van der Waals surface area contributed by atoms with E-state index < -0.39 is 9.84 Å². The lowest BCUT2D eigenvalue weighted by atomic mass is 10.00. The van der Waals surface area contributed by atoms with Crippen LogP contribution in [0.5, 0.6) is 0 Å². The zero-order valence-electron chi connectivity index (χ0n) is 13.5. The molecule has 1 aliphatic carbocycles. The Bertz CT molecular complexity index is 620. The first-order valence-electron chi connectivity index (χ1n) is 7.83. The number of carbonyl (C=O) groups excluding carboxylic acids is 1. The zero-order valence-corrected chi connectivity index (χ0v) is 14.3. The van der Waals surface area contributed by atoms with Gasteiger partial charge in [-0.1, -0.05) is 38.1 Å². The molecule has 1 fully saturated rings. The van der Waals surface area contributed by atoms with Crippen LogP contribution in [0.15, 0.2) is 24.3 Å². The van der Waals surface area contributed by atoms with E-state index in [0.717, 1.165) is 6.42 Å². The highest BCUT2D eigenvalue weighted by Gasteiger charge is 2.43. The quantitative estimate of drug-likeness (QED) is 0.784. The molecule has 1 saturated carbocycles. The van der Waals surface area contributed by atoms with Gasteiger partial charge in [0.05, 0.1) is 5.75 Å². The molecule has 1 N–H and O–H groups in total. The van der Waals surface area contributed by atoms with E-state index in [2.05, 4.69) is 43.4 Å². The van der Waals surface area contributed by atoms with Crippen LogP contribution in [0.3, 0.4) is 0 Å². The van der Waals surface area contributed by atoms with Crippen molar-refractivity contribution in [3.05, 3.63) is 35.4 Å². The molecule has 5 heteroatoms. The Labute approximate surface area is 133 Å². The SMILES string of the molecule is CC(C)c1ccc([C@H]2C[C@@H]2C(=O)NCCCS(C)(=O)=O)cc1. The number of hydrogen-bond donors (Lipinski definition) is 1. The minimum atomic E-state index is -2.94. The van der Waals surface area contributed by atoms with E-state index in [9.17, 15) is 13.2 Å². The summed E-state index contributed by atoms with van der Waals surface area (Å²) < 4.78 is 22.0. The van der Waals surface area contributed by atoms with Gasteiger partial charge in [-0.15, -0.1) is 0 Å². The lowest BCUT2D eigenvalue weighted by molar-refractivity contribution is -0.122. The summed E-state index contributed by atoms with van der Waals surface area (Å²) in [4.78, 5) is 12.0. The van der Waals surface area contributed by atoms with Crippen LogP contribution >= 0.6 is 0 Å². The fraction of sp³-hybridized carbons (Fsp3) is 0.588. The number of rotatable bonds is 7. The minimum absolute atomic E-state index is 0.0446. The third-order valence-corrected chi connectivity index (χ3v) is 5.18. The van der Waals surface area contributed by atoms with E-state index >= 15 is 0 Å². The normalized spacial score (nSPS) is 20.9. The van der Waals surface area contributed by atoms with E-state index in [0.29, 0.717) is 24.8 Å². The Balaban J connectivity index is 1.78. The largest absolute Gasteiger partial charge is 0.356 e. The van der Waals surface area contributed by atoms with Crippen molar-refractivity contribution in [3.63, 3.8) is 0 Å². The van der Waals surface area contributed by atoms with E-state index in [1.54, 1.807) is 0 Å². The number of benzene rings is 1. The second-order valence-corrected chi connectivity index (χ2v) is 8.80. The summed E-state index contributed by atoms with van der Waals surface area (Å²) in [6, 6.07) is 8.52. The predicted molar refractivity (Wildman–Crippen MR) is 88.7 cm³/mol. The van der Waals surface area contributed by atoms with Crippen LogP contribution in [-0.2, 0) is 14.6 Å². The lowest BCUT2D eigenvalue weighted by Gasteiger charge is -2.07. The molecule has 22 heavy (non-hydrogen) atoms. The summed E-state index contributed by atoms with van der Waals surface area (Å²) in [5.41, 5.74) is 2.53. The molecule has 1 amide bonds. The van der Waals surface area contributed by atoms with Crippen LogP contribution in [0.4, 0.5) is 0 Å². The summed E-state index contributed by atoms with van der Waals surface area (Å²) in [6.45, 7) is 4.76. The molecule has 1 aromatic rings. The highest BCUT2D eigenvalue weighted by Crippen LogP contribution is 2.47. The molecule has 0 bridgehead atoms. The smallest absolute Gasteiger partial charge is 0.223 e. The Morgan fingerprint density at radius 2 is 1.91 bits per heavy atom. The van der Waals surface area contributed by atoms with Crippen molar-refractivity contribution in [2.75, 3.05) is 18.6 Å². The lowest BCUT2D eigenvalue weighted by Crippen LogP contribution is -2.27. The maximum atomic E-state index is 12.0. The van der Waals surface area contributed by atoms with Crippen molar-refractivity contribution in [1.82, 2.24) is 5.32 Å². The highest BCUT2D eigenvalue weighted by molar-refractivity contribution is 7.90. The molecule has 4 nitrogen and oxygen atoms in total. The maximum Gasteiger partial charge on any atom is 0.223 e. The number of carbonyl (C=O) groups is 1. The van der Waals surface area contributed by atoms with Crippen molar-refractivity contribution in [2.45, 2.75) is 38.5 Å². The maximum absolute atomic E-state index is 12.0. The van der Waals surface area contributed by atoms with E-state index in [1.807, 2.05) is 0 Å². The Kier molecular flexibility index (Phi) is 5.27. The summed E-state index contributed by atoms with van der Waals surface area (Å²) in [5, 5.41) is 2.84. The molecule has 0 aromatic heterocycles. The van der Waals surface area contributed by atoms with Gasteiger partial charge >= 0.3 is 0 Å². The first-order chi connectivity index (χ1) is 10.3. The number of hydrogen-bond acceptors (Lipinski definition) is 3. The summed E-state index contributed by atoms with van der Waals surface area (Å²) in [6.07, 6.45) is 2.58. The Morgan fingerprint density at radius 3 is 2.45 bits per heavy atom. The van der Waals surface area contributed by atoms with Crippen LogP contribution in [0.25, 0.3) is 0 Å². The fourth-order valence-electron chi connectivity index (χ4n) is 2.66. The van der Waals surface area contributed by atoms with Gasteiger partial charge in [-0.2, -0.15) is 0 Å². The number of amides is 1. The topological polar surface area (TPSA) is 63.2 Å². The van der Waals surface area contributed by atoms with Crippen molar-refractivity contribution < 1.29 is 13.2 Å². The monoisotopic (exact) mass is 323 g/mol. The summed E-state index contributed by atoms with van der Waals surface area (Å²) in [5.74, 6) is 1.05. The average molecular weight is 323 g/mol. The fourth-order valence-corrected chi connectivity index (χ4v) is 3.33. The van der Waals surface area contributed by atoms with E-state index in [-0.39, 0.29) is 17.6 Å². The van der Waals surface area contributed by atoms with Gasteiger partial charge in [0.2, 0.25) is 5.91 Å². The molecule has 0 saturated heterocycles. The van der Waals surface area contributed by atoms with Crippen molar-refractivity contribution in [2.24, 2.45) is 5.92 Å². The summed E-state index contributed by atoms with van der Waals surface area (Å²) in [7, 11) is -2.94. The first-order valence-corrected chi connectivity index (χ1v) is 9.89. The molecule has 1 aliphatic rings. The zero-order chi connectivity index (χ0) is 16.3. The molecule has 0 aliphatic heterocycles. The molecule has 0 unspecified atom stereocenters. The molecule has 2 rings (SSSR count).